The van der Waals surface area contributed by atoms with Gasteiger partial charge in [0, 0.05) is 11.6 Å². The molecule has 19 heavy (non-hydrogen) atoms. The summed E-state index contributed by atoms with van der Waals surface area (Å²) in [6.45, 7) is 3.29. The number of hydrogen-bond acceptors (Lipinski definition) is 3. The average Bonchev–Trinajstić information content (AvgIpc) is 2.35. The number of aliphatic carboxylic acids is 1. The summed E-state index contributed by atoms with van der Waals surface area (Å²) in [6, 6.07) is 3.94. The lowest BCUT2D eigenvalue weighted by atomic mass is 9.83. The van der Waals surface area contributed by atoms with Gasteiger partial charge in [-0.2, -0.15) is 0 Å². The van der Waals surface area contributed by atoms with Crippen LogP contribution in [0.4, 0.5) is 4.39 Å². The first-order valence-electron chi connectivity index (χ1n) is 6.06. The predicted molar refractivity (Wildman–Crippen MR) is 70.8 cm³/mol. The Morgan fingerprint density at radius 1 is 1.53 bits per heavy atom. The molecule has 2 N–H and O–H groups in total. The summed E-state index contributed by atoms with van der Waals surface area (Å²) in [5, 5.41) is 12.2. The van der Waals surface area contributed by atoms with E-state index in [1.54, 1.807) is 27.0 Å². The number of carboxylic acids is 1. The fourth-order valence-electron chi connectivity index (χ4n) is 1.94. The second kappa shape index (κ2) is 6.02. The van der Waals surface area contributed by atoms with Gasteiger partial charge < -0.3 is 15.2 Å². The average molecular weight is 269 g/mol. The Labute approximate surface area is 112 Å². The van der Waals surface area contributed by atoms with Crippen LogP contribution in [0.5, 0.6) is 5.75 Å². The topological polar surface area (TPSA) is 58.6 Å². The van der Waals surface area contributed by atoms with Gasteiger partial charge in [-0.1, -0.05) is 0 Å². The molecule has 5 heteroatoms. The van der Waals surface area contributed by atoms with Gasteiger partial charge in [-0.25, -0.2) is 4.39 Å². The highest BCUT2D eigenvalue weighted by Crippen LogP contribution is 2.34. The van der Waals surface area contributed by atoms with E-state index in [0.29, 0.717) is 17.7 Å². The molecule has 1 atom stereocenters. The minimum atomic E-state index is -0.912. The number of ether oxygens (including phenoxy) is 1. The lowest BCUT2D eigenvalue weighted by Gasteiger charge is -2.27. The molecule has 4 nitrogen and oxygen atoms in total. The van der Waals surface area contributed by atoms with E-state index in [-0.39, 0.29) is 11.9 Å². The SMILES string of the molecule is CNC(CC(C)(C)C(=O)O)c1cc(F)ccc1OC. The normalized spacial score (nSPS) is 13.1. The van der Waals surface area contributed by atoms with Crippen LogP contribution in [0, 0.1) is 11.2 Å². The molecule has 0 aliphatic rings. The first-order chi connectivity index (χ1) is 8.81. The van der Waals surface area contributed by atoms with Crippen molar-refractivity contribution in [2.45, 2.75) is 26.3 Å². The van der Waals surface area contributed by atoms with Crippen LogP contribution in [0.15, 0.2) is 18.2 Å². The number of rotatable bonds is 6. The third-order valence-corrected chi connectivity index (χ3v) is 3.21. The highest BCUT2D eigenvalue weighted by molar-refractivity contribution is 5.73. The van der Waals surface area contributed by atoms with Crippen molar-refractivity contribution in [3.8, 4) is 5.75 Å². The zero-order valence-electron chi connectivity index (χ0n) is 11.7. The van der Waals surface area contributed by atoms with Crippen LogP contribution in [0.2, 0.25) is 0 Å². The van der Waals surface area contributed by atoms with E-state index in [1.165, 1.54) is 19.2 Å². The molecule has 0 bridgehead atoms. The van der Waals surface area contributed by atoms with Crippen LogP contribution in [-0.2, 0) is 4.79 Å². The molecule has 1 aromatic carbocycles. The molecule has 0 aliphatic carbocycles. The smallest absolute Gasteiger partial charge is 0.309 e. The number of methoxy groups -OCH3 is 1. The quantitative estimate of drug-likeness (QED) is 0.833. The Hall–Kier alpha value is -1.62. The van der Waals surface area contributed by atoms with E-state index in [4.69, 9.17) is 4.74 Å². The molecule has 0 radical (unpaired) electrons. The zero-order valence-corrected chi connectivity index (χ0v) is 11.7. The largest absolute Gasteiger partial charge is 0.496 e. The molecule has 1 unspecified atom stereocenters. The summed E-state index contributed by atoms with van der Waals surface area (Å²) in [5.74, 6) is -0.714. The van der Waals surface area contributed by atoms with Crippen LogP contribution in [0.1, 0.15) is 31.9 Å². The number of nitrogens with one attached hydrogen (secondary N) is 1. The fourth-order valence-corrected chi connectivity index (χ4v) is 1.94. The summed E-state index contributed by atoms with van der Waals surface area (Å²) in [7, 11) is 3.22. The number of hydrogen-bond donors (Lipinski definition) is 2. The Balaban J connectivity index is 3.10. The molecule has 0 saturated heterocycles. The van der Waals surface area contributed by atoms with E-state index in [0.717, 1.165) is 0 Å². The van der Waals surface area contributed by atoms with E-state index < -0.39 is 11.4 Å². The number of carbonyl (C=O) groups is 1. The summed E-state index contributed by atoms with van der Waals surface area (Å²) in [4.78, 5) is 11.2. The van der Waals surface area contributed by atoms with Crippen molar-refractivity contribution in [1.29, 1.82) is 0 Å². The monoisotopic (exact) mass is 269 g/mol. The maximum atomic E-state index is 13.4. The molecule has 0 aliphatic heterocycles. The first kappa shape index (κ1) is 15.4. The number of halogens is 1. The highest BCUT2D eigenvalue weighted by atomic mass is 19.1. The Morgan fingerprint density at radius 3 is 2.63 bits per heavy atom. The molecular formula is C14H20FNO3. The van der Waals surface area contributed by atoms with Crippen molar-refractivity contribution < 1.29 is 19.0 Å². The summed E-state index contributed by atoms with van der Waals surface area (Å²) in [5.41, 5.74) is -0.287. The Morgan fingerprint density at radius 2 is 2.16 bits per heavy atom. The Bertz CT molecular complexity index is 460. The van der Waals surface area contributed by atoms with E-state index >= 15 is 0 Å². The third kappa shape index (κ3) is 3.67. The van der Waals surface area contributed by atoms with Crippen molar-refractivity contribution in [3.05, 3.63) is 29.6 Å². The van der Waals surface area contributed by atoms with Gasteiger partial charge in [0.1, 0.15) is 11.6 Å². The van der Waals surface area contributed by atoms with Crippen LogP contribution >= 0.6 is 0 Å². The fraction of sp³-hybridized carbons (Fsp3) is 0.500. The van der Waals surface area contributed by atoms with E-state index in [9.17, 15) is 14.3 Å². The second-order valence-corrected chi connectivity index (χ2v) is 5.12. The second-order valence-electron chi connectivity index (χ2n) is 5.12. The lowest BCUT2D eigenvalue weighted by Crippen LogP contribution is -2.30. The summed E-state index contributed by atoms with van der Waals surface area (Å²) < 4.78 is 18.6. The van der Waals surface area contributed by atoms with Crippen LogP contribution in [-0.4, -0.2) is 25.2 Å². The molecule has 0 aromatic heterocycles. The molecule has 1 rings (SSSR count). The van der Waals surface area contributed by atoms with Gasteiger partial charge in [0.15, 0.2) is 0 Å². The van der Waals surface area contributed by atoms with Gasteiger partial charge in [-0.15, -0.1) is 0 Å². The maximum Gasteiger partial charge on any atom is 0.309 e. The zero-order chi connectivity index (χ0) is 14.6. The Kier molecular flexibility index (Phi) is 4.89. The van der Waals surface area contributed by atoms with Crippen molar-refractivity contribution in [1.82, 2.24) is 5.32 Å². The molecule has 0 fully saturated rings. The highest BCUT2D eigenvalue weighted by Gasteiger charge is 2.31. The lowest BCUT2D eigenvalue weighted by molar-refractivity contribution is -0.147. The molecule has 106 valence electrons. The van der Waals surface area contributed by atoms with Gasteiger partial charge >= 0.3 is 5.97 Å². The standard InChI is InChI=1S/C14H20FNO3/c1-14(2,13(17)18)8-11(16-3)10-7-9(15)5-6-12(10)19-4/h5-7,11,16H,8H2,1-4H3,(H,17,18). The van der Waals surface area contributed by atoms with Gasteiger partial charge in [0.2, 0.25) is 0 Å². The minimum Gasteiger partial charge on any atom is -0.496 e. The van der Waals surface area contributed by atoms with Crippen molar-refractivity contribution in [3.63, 3.8) is 0 Å². The summed E-state index contributed by atoms with van der Waals surface area (Å²) in [6.07, 6.45) is 0.332. The van der Waals surface area contributed by atoms with Crippen LogP contribution in [0.25, 0.3) is 0 Å². The van der Waals surface area contributed by atoms with Gasteiger partial charge in [0.25, 0.3) is 0 Å². The van der Waals surface area contributed by atoms with Gasteiger partial charge in [-0.3, -0.25) is 4.79 Å². The molecule has 0 saturated carbocycles. The van der Waals surface area contributed by atoms with Crippen molar-refractivity contribution >= 4 is 5.97 Å². The molecule has 0 spiro atoms. The van der Waals surface area contributed by atoms with Crippen LogP contribution < -0.4 is 10.1 Å². The molecule has 0 heterocycles. The summed E-state index contributed by atoms with van der Waals surface area (Å²) >= 11 is 0. The number of benzene rings is 1. The van der Waals surface area contributed by atoms with Gasteiger partial charge in [0.05, 0.1) is 12.5 Å². The predicted octanol–water partition coefficient (Wildman–Crippen LogP) is 2.60. The maximum absolute atomic E-state index is 13.4. The number of carboxylic acid groups (broad SMARTS) is 1. The van der Waals surface area contributed by atoms with E-state index in [2.05, 4.69) is 5.32 Å². The van der Waals surface area contributed by atoms with Gasteiger partial charge in [-0.05, 0) is 45.5 Å². The minimum absolute atomic E-state index is 0.295. The van der Waals surface area contributed by atoms with Crippen LogP contribution in [0.3, 0.4) is 0 Å². The van der Waals surface area contributed by atoms with E-state index in [1.807, 2.05) is 0 Å². The molecular weight excluding hydrogens is 249 g/mol. The molecule has 0 amide bonds. The molecule has 1 aromatic rings. The van der Waals surface area contributed by atoms with Crippen molar-refractivity contribution in [2.24, 2.45) is 5.41 Å². The third-order valence-electron chi connectivity index (χ3n) is 3.21. The first-order valence-corrected chi connectivity index (χ1v) is 6.06. The van der Waals surface area contributed by atoms with Crippen molar-refractivity contribution in [2.75, 3.05) is 14.2 Å².